The Balaban J connectivity index is 1.61. The first-order chi connectivity index (χ1) is 12.6. The van der Waals surface area contributed by atoms with Gasteiger partial charge in [-0.2, -0.15) is 0 Å². The lowest BCUT2D eigenvalue weighted by Gasteiger charge is -2.08. The van der Waals surface area contributed by atoms with Crippen LogP contribution in [0.4, 0.5) is 8.78 Å². The topological polar surface area (TPSA) is 52.1 Å². The Hall–Kier alpha value is -3.15. The number of rotatable bonds is 6. The highest BCUT2D eigenvalue weighted by Crippen LogP contribution is 2.23. The van der Waals surface area contributed by atoms with E-state index in [4.69, 9.17) is 4.74 Å². The molecule has 0 bridgehead atoms. The van der Waals surface area contributed by atoms with Gasteiger partial charge in [0.1, 0.15) is 24.6 Å². The van der Waals surface area contributed by atoms with Crippen molar-refractivity contribution in [3.63, 3.8) is 0 Å². The van der Waals surface area contributed by atoms with Crippen molar-refractivity contribution in [1.29, 1.82) is 0 Å². The van der Waals surface area contributed by atoms with Gasteiger partial charge in [0.2, 0.25) is 0 Å². The number of hydrogen-bond acceptors (Lipinski definition) is 4. The van der Waals surface area contributed by atoms with E-state index in [1.807, 2.05) is 0 Å². The summed E-state index contributed by atoms with van der Waals surface area (Å²) < 4.78 is 32.1. The molecule has 2 aromatic carbocycles. The second-order valence-electron chi connectivity index (χ2n) is 5.72. The number of halogens is 2. The number of benzene rings is 2. The third-order valence-corrected chi connectivity index (χ3v) is 3.76. The van der Waals surface area contributed by atoms with E-state index >= 15 is 0 Å². The third-order valence-electron chi connectivity index (χ3n) is 3.76. The maximum atomic E-state index is 13.9. The third kappa shape index (κ3) is 4.92. The van der Waals surface area contributed by atoms with Crippen LogP contribution in [0.15, 0.2) is 61.1 Å². The summed E-state index contributed by atoms with van der Waals surface area (Å²) in [6.45, 7) is -0.0332. The molecule has 0 aliphatic heterocycles. The second kappa shape index (κ2) is 8.29. The van der Waals surface area contributed by atoms with Crippen molar-refractivity contribution in [2.45, 2.75) is 19.4 Å². The molecule has 26 heavy (non-hydrogen) atoms. The quantitative estimate of drug-likeness (QED) is 0.626. The van der Waals surface area contributed by atoms with Crippen LogP contribution >= 0.6 is 0 Å². The smallest absolute Gasteiger partial charge is 0.306 e. The van der Waals surface area contributed by atoms with Gasteiger partial charge in [-0.25, -0.2) is 18.7 Å². The molecule has 132 valence electrons. The van der Waals surface area contributed by atoms with Crippen LogP contribution in [-0.4, -0.2) is 15.9 Å². The molecule has 0 amide bonds. The highest BCUT2D eigenvalue weighted by Gasteiger charge is 2.08. The molecule has 0 saturated heterocycles. The zero-order valence-corrected chi connectivity index (χ0v) is 13.9. The van der Waals surface area contributed by atoms with E-state index < -0.39 is 11.8 Å². The Morgan fingerprint density at radius 3 is 2.50 bits per heavy atom. The van der Waals surface area contributed by atoms with E-state index in [0.717, 1.165) is 5.69 Å². The van der Waals surface area contributed by atoms with Crippen LogP contribution in [0.2, 0.25) is 0 Å². The summed E-state index contributed by atoms with van der Waals surface area (Å²) in [5.41, 5.74) is 2.56. The summed E-state index contributed by atoms with van der Waals surface area (Å²) in [5, 5.41) is 0. The minimum absolute atomic E-state index is 0.0332. The number of aryl methyl sites for hydroxylation is 1. The van der Waals surface area contributed by atoms with E-state index in [0.29, 0.717) is 23.1 Å². The van der Waals surface area contributed by atoms with Gasteiger partial charge >= 0.3 is 5.97 Å². The normalized spacial score (nSPS) is 10.5. The summed E-state index contributed by atoms with van der Waals surface area (Å²) in [7, 11) is 0. The summed E-state index contributed by atoms with van der Waals surface area (Å²) in [6, 6.07) is 11.9. The monoisotopic (exact) mass is 354 g/mol. The first kappa shape index (κ1) is 17.7. The Kier molecular flexibility index (Phi) is 5.63. The maximum Gasteiger partial charge on any atom is 0.306 e. The number of carbonyl (C=O) groups excluding carboxylic acids is 1. The Bertz CT molecular complexity index is 884. The van der Waals surface area contributed by atoms with Crippen LogP contribution in [0, 0.1) is 11.6 Å². The van der Waals surface area contributed by atoms with Gasteiger partial charge in [0.25, 0.3) is 0 Å². The largest absolute Gasteiger partial charge is 0.461 e. The molecule has 0 saturated carbocycles. The molecule has 0 aliphatic rings. The van der Waals surface area contributed by atoms with Crippen LogP contribution in [0.25, 0.3) is 11.1 Å². The summed E-state index contributed by atoms with van der Waals surface area (Å²) in [6.07, 6.45) is 3.66. The molecule has 0 radical (unpaired) electrons. The van der Waals surface area contributed by atoms with Gasteiger partial charge < -0.3 is 4.74 Å². The van der Waals surface area contributed by atoms with Gasteiger partial charge in [-0.3, -0.25) is 4.79 Å². The van der Waals surface area contributed by atoms with Crippen molar-refractivity contribution in [3.8, 4) is 11.1 Å². The SMILES string of the molecule is O=C(CCc1ccncn1)OCc1cc(F)cc(-c2ccc(F)cc2)c1. The lowest BCUT2D eigenvalue weighted by Crippen LogP contribution is -2.07. The highest BCUT2D eigenvalue weighted by molar-refractivity contribution is 5.70. The van der Waals surface area contributed by atoms with E-state index in [-0.39, 0.29) is 18.8 Å². The van der Waals surface area contributed by atoms with Crippen molar-refractivity contribution in [2.75, 3.05) is 0 Å². The highest BCUT2D eigenvalue weighted by atomic mass is 19.1. The predicted octanol–water partition coefficient (Wildman–Crippen LogP) is 4.10. The number of esters is 1. The lowest BCUT2D eigenvalue weighted by atomic mass is 10.0. The molecule has 0 atom stereocenters. The first-order valence-electron chi connectivity index (χ1n) is 8.06. The van der Waals surface area contributed by atoms with E-state index in [1.165, 1.54) is 30.6 Å². The molecule has 0 N–H and O–H groups in total. The summed E-state index contributed by atoms with van der Waals surface area (Å²) in [4.78, 5) is 19.7. The van der Waals surface area contributed by atoms with Crippen LogP contribution in [0.3, 0.4) is 0 Å². The lowest BCUT2D eigenvalue weighted by molar-refractivity contribution is -0.144. The fraction of sp³-hybridized carbons (Fsp3) is 0.150. The van der Waals surface area contributed by atoms with Gasteiger partial charge in [-0.1, -0.05) is 12.1 Å². The molecule has 0 spiro atoms. The fourth-order valence-corrected chi connectivity index (χ4v) is 2.47. The zero-order valence-electron chi connectivity index (χ0n) is 13.9. The molecule has 3 aromatic rings. The molecule has 1 heterocycles. The van der Waals surface area contributed by atoms with E-state index in [9.17, 15) is 13.6 Å². The van der Waals surface area contributed by atoms with Gasteiger partial charge in [0.05, 0.1) is 6.42 Å². The molecular formula is C20H16F2N2O2. The number of nitrogens with zero attached hydrogens (tertiary/aromatic N) is 2. The molecule has 0 aliphatic carbocycles. The minimum atomic E-state index is -0.446. The number of aromatic nitrogens is 2. The maximum absolute atomic E-state index is 13.9. The van der Waals surface area contributed by atoms with Crippen molar-refractivity contribution in [2.24, 2.45) is 0 Å². The van der Waals surface area contributed by atoms with Crippen LogP contribution < -0.4 is 0 Å². The summed E-state index contributed by atoms with van der Waals surface area (Å²) in [5.74, 6) is -1.20. The van der Waals surface area contributed by atoms with Gasteiger partial charge in [0.15, 0.2) is 0 Å². The average molecular weight is 354 g/mol. The Morgan fingerprint density at radius 2 is 1.77 bits per heavy atom. The molecule has 0 unspecified atom stereocenters. The molecule has 0 fully saturated rings. The van der Waals surface area contributed by atoms with Gasteiger partial charge in [0, 0.05) is 18.3 Å². The second-order valence-corrected chi connectivity index (χ2v) is 5.72. The Morgan fingerprint density at radius 1 is 0.962 bits per heavy atom. The number of carbonyl (C=O) groups is 1. The molecular weight excluding hydrogens is 338 g/mol. The van der Waals surface area contributed by atoms with Crippen LogP contribution in [0.5, 0.6) is 0 Å². The summed E-state index contributed by atoms with van der Waals surface area (Å²) >= 11 is 0. The van der Waals surface area contributed by atoms with Crippen molar-refractivity contribution in [1.82, 2.24) is 9.97 Å². The van der Waals surface area contributed by atoms with Crippen LogP contribution in [0.1, 0.15) is 17.7 Å². The average Bonchev–Trinajstić information content (AvgIpc) is 2.66. The fourth-order valence-electron chi connectivity index (χ4n) is 2.47. The standard InChI is InChI=1S/C20H16F2N2O2/c21-17-3-1-15(2-4-17)16-9-14(10-18(22)11-16)12-26-20(25)6-5-19-7-8-23-13-24-19/h1-4,7-11,13H,5-6,12H2. The Labute approximate surface area is 149 Å². The van der Waals surface area contributed by atoms with Crippen molar-refractivity contribution >= 4 is 5.97 Å². The molecule has 6 heteroatoms. The van der Waals surface area contributed by atoms with E-state index in [2.05, 4.69) is 9.97 Å². The van der Waals surface area contributed by atoms with Gasteiger partial charge in [-0.05, 0) is 53.1 Å². The molecule has 3 rings (SSSR count). The number of hydrogen-bond donors (Lipinski definition) is 0. The van der Waals surface area contributed by atoms with Gasteiger partial charge in [-0.15, -0.1) is 0 Å². The number of ether oxygens (including phenoxy) is 1. The zero-order chi connectivity index (χ0) is 18.4. The van der Waals surface area contributed by atoms with Crippen molar-refractivity contribution in [3.05, 3.63) is 83.9 Å². The van der Waals surface area contributed by atoms with Crippen molar-refractivity contribution < 1.29 is 18.3 Å². The minimum Gasteiger partial charge on any atom is -0.461 e. The van der Waals surface area contributed by atoms with Crippen LogP contribution in [-0.2, 0) is 22.6 Å². The molecule has 1 aromatic heterocycles. The molecule has 4 nitrogen and oxygen atoms in total. The first-order valence-corrected chi connectivity index (χ1v) is 8.06. The predicted molar refractivity (Wildman–Crippen MR) is 91.9 cm³/mol. The van der Waals surface area contributed by atoms with E-state index in [1.54, 1.807) is 30.5 Å².